The van der Waals surface area contributed by atoms with Crippen LogP contribution in [0.15, 0.2) is 58.0 Å². The average Bonchev–Trinajstić information content (AvgIpc) is 3.21. The molecule has 1 fully saturated rings. The van der Waals surface area contributed by atoms with E-state index in [2.05, 4.69) is 5.32 Å². The van der Waals surface area contributed by atoms with E-state index in [4.69, 9.17) is 14.9 Å². The molecular formula is C19H17N3O3S. The summed E-state index contributed by atoms with van der Waals surface area (Å²) >= 11 is 1.55. The molecule has 4 rings (SSSR count). The Kier molecular flexibility index (Phi) is 4.08. The molecule has 26 heavy (non-hydrogen) atoms. The third-order valence-electron chi connectivity index (χ3n) is 4.34. The normalized spacial score (nSPS) is 18.8. The first-order valence-electron chi connectivity index (χ1n) is 8.03. The van der Waals surface area contributed by atoms with Crippen LogP contribution in [0.2, 0.25) is 0 Å². The number of anilines is 2. The molecule has 1 saturated heterocycles. The van der Waals surface area contributed by atoms with Gasteiger partial charge in [-0.05, 0) is 24.3 Å². The van der Waals surface area contributed by atoms with Gasteiger partial charge < -0.3 is 14.8 Å². The molecular weight excluding hydrogens is 350 g/mol. The van der Waals surface area contributed by atoms with Crippen LogP contribution in [0.5, 0.6) is 11.5 Å². The minimum atomic E-state index is -0.164. The summed E-state index contributed by atoms with van der Waals surface area (Å²) in [7, 11) is 3.10. The van der Waals surface area contributed by atoms with Crippen LogP contribution in [0.25, 0.3) is 0 Å². The van der Waals surface area contributed by atoms with E-state index in [1.54, 1.807) is 44.2 Å². The number of nitrogens with one attached hydrogen (secondary N) is 2. The number of amidine groups is 1. The molecule has 0 spiro atoms. The number of hydrogen-bond donors (Lipinski definition) is 2. The zero-order chi connectivity index (χ0) is 18.3. The Hall–Kier alpha value is -2.93. The van der Waals surface area contributed by atoms with Crippen LogP contribution in [-0.4, -0.2) is 26.0 Å². The van der Waals surface area contributed by atoms with Gasteiger partial charge in [0.1, 0.15) is 17.3 Å². The monoisotopic (exact) mass is 367 g/mol. The summed E-state index contributed by atoms with van der Waals surface area (Å²) in [6, 6.07) is 13.1. The highest BCUT2D eigenvalue weighted by Gasteiger charge is 2.37. The van der Waals surface area contributed by atoms with Gasteiger partial charge in [-0.3, -0.25) is 15.1 Å². The number of rotatable bonds is 3. The van der Waals surface area contributed by atoms with E-state index in [1.165, 1.54) is 4.90 Å². The molecule has 2 N–H and O–H groups in total. The van der Waals surface area contributed by atoms with Crippen molar-refractivity contribution in [3.8, 4) is 11.5 Å². The SMILES string of the molecule is COc1ccc(OC)c(N2C(=N)/C(=C3\Nc4ccccc4S3)CC2=O)c1. The maximum atomic E-state index is 12.7. The molecule has 2 heterocycles. The van der Waals surface area contributed by atoms with E-state index in [0.29, 0.717) is 22.8 Å². The highest BCUT2D eigenvalue weighted by Crippen LogP contribution is 2.45. The number of fused-ring (bicyclic) bond motifs is 1. The number of carbonyl (C=O) groups excluding carboxylic acids is 1. The van der Waals surface area contributed by atoms with Gasteiger partial charge in [0.15, 0.2) is 0 Å². The summed E-state index contributed by atoms with van der Waals surface area (Å²) in [5.41, 5.74) is 2.19. The second-order valence-electron chi connectivity index (χ2n) is 5.82. The quantitative estimate of drug-likeness (QED) is 0.862. The molecule has 1 amide bonds. The van der Waals surface area contributed by atoms with E-state index in [-0.39, 0.29) is 18.2 Å². The van der Waals surface area contributed by atoms with Crippen LogP contribution in [0.1, 0.15) is 6.42 Å². The fourth-order valence-corrected chi connectivity index (χ4v) is 4.09. The smallest absolute Gasteiger partial charge is 0.237 e. The molecule has 0 atom stereocenters. The van der Waals surface area contributed by atoms with Gasteiger partial charge in [-0.25, -0.2) is 0 Å². The third-order valence-corrected chi connectivity index (χ3v) is 5.46. The van der Waals surface area contributed by atoms with Crippen molar-refractivity contribution in [2.45, 2.75) is 11.3 Å². The van der Waals surface area contributed by atoms with E-state index in [9.17, 15) is 4.79 Å². The Morgan fingerprint density at radius 1 is 1.15 bits per heavy atom. The number of amides is 1. The predicted molar refractivity (Wildman–Crippen MR) is 102 cm³/mol. The number of ether oxygens (including phenoxy) is 2. The molecule has 2 aliphatic rings. The molecule has 0 aromatic heterocycles. The highest BCUT2D eigenvalue weighted by molar-refractivity contribution is 8.03. The first-order chi connectivity index (χ1) is 12.6. The Morgan fingerprint density at radius 3 is 2.69 bits per heavy atom. The van der Waals surface area contributed by atoms with Crippen LogP contribution in [0.4, 0.5) is 11.4 Å². The van der Waals surface area contributed by atoms with Gasteiger partial charge in [-0.15, -0.1) is 0 Å². The standard InChI is InChI=1S/C19H17N3O3S/c1-24-11-7-8-15(25-2)14(9-11)22-17(23)10-12(18(22)20)19-21-13-5-3-4-6-16(13)26-19/h3-9,20-21H,10H2,1-2H3/b19-12+,20-18?. The van der Waals surface area contributed by atoms with Crippen molar-refractivity contribution in [3.63, 3.8) is 0 Å². The maximum absolute atomic E-state index is 12.7. The number of thioether (sulfide) groups is 1. The molecule has 0 saturated carbocycles. The molecule has 0 unspecified atom stereocenters. The Labute approximate surface area is 155 Å². The number of hydrogen-bond acceptors (Lipinski definition) is 6. The number of benzene rings is 2. The van der Waals surface area contributed by atoms with Gasteiger partial charge in [0, 0.05) is 16.5 Å². The van der Waals surface area contributed by atoms with Crippen LogP contribution < -0.4 is 19.7 Å². The lowest BCUT2D eigenvalue weighted by Gasteiger charge is -2.19. The van der Waals surface area contributed by atoms with E-state index in [1.807, 2.05) is 24.3 Å². The second kappa shape index (κ2) is 6.42. The third kappa shape index (κ3) is 2.61. The van der Waals surface area contributed by atoms with E-state index >= 15 is 0 Å². The van der Waals surface area contributed by atoms with Gasteiger partial charge >= 0.3 is 0 Å². The van der Waals surface area contributed by atoms with E-state index < -0.39 is 0 Å². The van der Waals surface area contributed by atoms with Crippen molar-refractivity contribution in [2.24, 2.45) is 0 Å². The van der Waals surface area contributed by atoms with Crippen molar-refractivity contribution in [3.05, 3.63) is 53.1 Å². The van der Waals surface area contributed by atoms with Gasteiger partial charge in [-0.2, -0.15) is 0 Å². The second-order valence-corrected chi connectivity index (χ2v) is 6.88. The van der Waals surface area contributed by atoms with Gasteiger partial charge in [0.25, 0.3) is 0 Å². The zero-order valence-electron chi connectivity index (χ0n) is 14.3. The predicted octanol–water partition coefficient (Wildman–Crippen LogP) is 3.85. The molecule has 6 nitrogen and oxygen atoms in total. The summed E-state index contributed by atoms with van der Waals surface area (Å²) in [5, 5.41) is 12.7. The summed E-state index contributed by atoms with van der Waals surface area (Å²) in [5.74, 6) is 1.11. The molecule has 7 heteroatoms. The molecule has 0 radical (unpaired) electrons. The summed E-state index contributed by atoms with van der Waals surface area (Å²) in [6.45, 7) is 0. The van der Waals surface area contributed by atoms with Gasteiger partial charge in [0.2, 0.25) is 5.91 Å². The Bertz CT molecular complexity index is 928. The summed E-state index contributed by atoms with van der Waals surface area (Å²) in [6.07, 6.45) is 0.169. The lowest BCUT2D eigenvalue weighted by molar-refractivity contribution is -0.116. The van der Waals surface area contributed by atoms with Gasteiger partial charge in [0.05, 0.1) is 37.0 Å². The Balaban J connectivity index is 1.73. The Morgan fingerprint density at radius 2 is 1.96 bits per heavy atom. The molecule has 0 aliphatic carbocycles. The highest BCUT2D eigenvalue weighted by atomic mass is 32.2. The minimum Gasteiger partial charge on any atom is -0.497 e. The van der Waals surface area contributed by atoms with Crippen molar-refractivity contribution < 1.29 is 14.3 Å². The largest absolute Gasteiger partial charge is 0.497 e. The fourth-order valence-electron chi connectivity index (χ4n) is 3.04. The van der Waals surface area contributed by atoms with Gasteiger partial charge in [-0.1, -0.05) is 23.9 Å². The number of carbonyl (C=O) groups is 1. The topological polar surface area (TPSA) is 74.7 Å². The molecule has 132 valence electrons. The van der Waals surface area contributed by atoms with Crippen molar-refractivity contribution in [1.82, 2.24) is 0 Å². The van der Waals surface area contributed by atoms with Crippen molar-refractivity contribution in [2.75, 3.05) is 24.4 Å². The van der Waals surface area contributed by atoms with E-state index in [0.717, 1.165) is 15.6 Å². The summed E-state index contributed by atoms with van der Waals surface area (Å²) < 4.78 is 10.6. The number of methoxy groups -OCH3 is 2. The molecule has 0 bridgehead atoms. The van der Waals surface area contributed by atoms with Crippen LogP contribution in [0, 0.1) is 5.41 Å². The van der Waals surface area contributed by atoms with Crippen LogP contribution in [-0.2, 0) is 4.79 Å². The first kappa shape index (κ1) is 16.5. The lowest BCUT2D eigenvalue weighted by atomic mass is 10.2. The fraction of sp³-hybridized carbons (Fsp3) is 0.158. The van der Waals surface area contributed by atoms with Crippen LogP contribution >= 0.6 is 11.8 Å². The van der Waals surface area contributed by atoms with Crippen LogP contribution in [0.3, 0.4) is 0 Å². The molecule has 2 aliphatic heterocycles. The van der Waals surface area contributed by atoms with Crippen molar-refractivity contribution >= 4 is 34.9 Å². The van der Waals surface area contributed by atoms with Crippen molar-refractivity contribution in [1.29, 1.82) is 5.41 Å². The molecule has 2 aromatic carbocycles. The summed E-state index contributed by atoms with van der Waals surface area (Å²) in [4.78, 5) is 15.2. The molecule has 2 aromatic rings. The lowest BCUT2D eigenvalue weighted by Crippen LogP contribution is -2.29. The first-order valence-corrected chi connectivity index (χ1v) is 8.85. The number of nitrogens with zero attached hydrogens (tertiary/aromatic N) is 1. The average molecular weight is 367 g/mol. The zero-order valence-corrected chi connectivity index (χ0v) is 15.1. The minimum absolute atomic E-state index is 0.157. The number of para-hydroxylation sites is 1. The maximum Gasteiger partial charge on any atom is 0.237 e.